The summed E-state index contributed by atoms with van der Waals surface area (Å²) in [4.78, 5) is 0.594. The smallest absolute Gasteiger partial charge is 0.206 e. The lowest BCUT2D eigenvalue weighted by Gasteiger charge is -2.10. The van der Waals surface area contributed by atoms with Crippen molar-refractivity contribution in [2.75, 3.05) is 0 Å². The quantitative estimate of drug-likeness (QED) is 0.730. The summed E-state index contributed by atoms with van der Waals surface area (Å²) >= 11 is 3.30. The van der Waals surface area contributed by atoms with Crippen molar-refractivity contribution in [3.05, 3.63) is 40.9 Å². The van der Waals surface area contributed by atoms with Gasteiger partial charge in [-0.25, -0.2) is 8.42 Å². The van der Waals surface area contributed by atoms with Crippen molar-refractivity contribution in [2.45, 2.75) is 9.79 Å². The van der Waals surface area contributed by atoms with Crippen LogP contribution in [0.2, 0.25) is 0 Å². The van der Waals surface area contributed by atoms with Crippen LogP contribution in [0.5, 0.6) is 0 Å². The van der Waals surface area contributed by atoms with Crippen LogP contribution in [0.25, 0.3) is 0 Å². The monoisotopic (exact) mass is 392 g/mol. The zero-order valence-corrected chi connectivity index (χ0v) is 15.7. The molecule has 2 aromatic carbocycles. The van der Waals surface area contributed by atoms with Crippen LogP contribution in [0.3, 0.4) is 0 Å². The van der Waals surface area contributed by atoms with Gasteiger partial charge in [0.05, 0.1) is 9.79 Å². The molecule has 3 atom stereocenters. The first kappa shape index (κ1) is 15.5. The summed E-state index contributed by atoms with van der Waals surface area (Å²) in [5, 5.41) is 2.69. The van der Waals surface area contributed by atoms with Gasteiger partial charge in [-0.2, -0.15) is 0 Å². The van der Waals surface area contributed by atoms with Gasteiger partial charge in [-0.1, -0.05) is 15.9 Å². The summed E-state index contributed by atoms with van der Waals surface area (Å²) in [5.41, 5.74) is 0. The Morgan fingerprint density at radius 3 is 1.79 bits per heavy atom. The Morgan fingerprint density at radius 1 is 0.842 bits per heavy atom. The van der Waals surface area contributed by atoms with Crippen LogP contribution < -0.4 is 15.9 Å². The fraction of sp³-hybridized carbons (Fsp3) is 0. The van der Waals surface area contributed by atoms with Crippen LogP contribution in [0.15, 0.2) is 50.7 Å². The van der Waals surface area contributed by atoms with Gasteiger partial charge >= 0.3 is 0 Å². The van der Waals surface area contributed by atoms with Crippen molar-refractivity contribution >= 4 is 69.4 Å². The molecule has 2 rings (SSSR count). The van der Waals surface area contributed by atoms with E-state index in [-0.39, 0.29) is 0 Å². The van der Waals surface area contributed by atoms with Gasteiger partial charge in [-0.3, -0.25) is 0 Å². The molecule has 0 bridgehead atoms. The zero-order chi connectivity index (χ0) is 14.2. The van der Waals surface area contributed by atoms with E-state index in [1.807, 2.05) is 0 Å². The Labute approximate surface area is 128 Å². The Balaban J connectivity index is 2.60. The van der Waals surface area contributed by atoms with Crippen molar-refractivity contribution < 1.29 is 8.42 Å². The number of hydrogen-bond donors (Lipinski definition) is 0. The molecule has 0 saturated carbocycles. The van der Waals surface area contributed by atoms with Gasteiger partial charge in [-0.05, 0) is 52.3 Å². The zero-order valence-electron chi connectivity index (χ0n) is 9.80. The maximum Gasteiger partial charge on any atom is 0.206 e. The van der Waals surface area contributed by atoms with E-state index in [2.05, 4.69) is 43.6 Å². The third kappa shape index (κ3) is 3.26. The second-order valence-corrected chi connectivity index (χ2v) is 8.66. The fourth-order valence-electron chi connectivity index (χ4n) is 1.58. The maximum absolute atomic E-state index is 12.5. The predicted molar refractivity (Wildman–Crippen MR) is 94.1 cm³/mol. The third-order valence-electron chi connectivity index (χ3n) is 2.65. The highest BCUT2D eigenvalue weighted by Crippen LogP contribution is 2.22. The standard InChI is InChI=1S/C12H12BrO2P3S/c13-7-1-3-8(4-2-7)19(14,15)9-5-10(16)12(18)11(17)6-9/h1-6H,16-18H2. The van der Waals surface area contributed by atoms with Gasteiger partial charge in [0.25, 0.3) is 0 Å². The lowest BCUT2D eigenvalue weighted by Crippen LogP contribution is -2.25. The Kier molecular flexibility index (Phi) is 4.81. The Hall–Kier alpha value is 0.160. The Morgan fingerprint density at radius 2 is 1.32 bits per heavy atom. The lowest BCUT2D eigenvalue weighted by atomic mass is 10.3. The summed E-state index contributed by atoms with van der Waals surface area (Å²) in [7, 11) is 4.23. The van der Waals surface area contributed by atoms with Crippen molar-refractivity contribution in [3.63, 3.8) is 0 Å². The van der Waals surface area contributed by atoms with Gasteiger partial charge < -0.3 is 0 Å². The topological polar surface area (TPSA) is 34.1 Å². The van der Waals surface area contributed by atoms with Gasteiger partial charge in [0.2, 0.25) is 9.84 Å². The van der Waals surface area contributed by atoms with Crippen molar-refractivity contribution in [3.8, 4) is 0 Å². The molecule has 0 heterocycles. The number of hydrogen-bond acceptors (Lipinski definition) is 2. The summed E-state index contributed by atoms with van der Waals surface area (Å²) < 4.78 is 25.9. The minimum atomic E-state index is -3.47. The van der Waals surface area contributed by atoms with Crippen LogP contribution >= 0.6 is 43.6 Å². The van der Waals surface area contributed by atoms with Crippen molar-refractivity contribution in [1.82, 2.24) is 0 Å². The lowest BCUT2D eigenvalue weighted by molar-refractivity contribution is 0.596. The van der Waals surface area contributed by atoms with Crippen LogP contribution in [0, 0.1) is 0 Å². The second-order valence-electron chi connectivity index (χ2n) is 3.97. The molecule has 0 spiro atoms. The molecule has 2 nitrogen and oxygen atoms in total. The largest absolute Gasteiger partial charge is 0.219 e. The molecule has 3 unspecified atom stereocenters. The molecular weight excluding hydrogens is 381 g/mol. The summed E-state index contributed by atoms with van der Waals surface area (Å²) in [6, 6.07) is 9.97. The van der Waals surface area contributed by atoms with Gasteiger partial charge in [-0.15, -0.1) is 27.7 Å². The molecule has 0 amide bonds. The first-order valence-corrected chi connectivity index (χ1v) is 9.28. The minimum absolute atomic E-state index is 0.293. The van der Waals surface area contributed by atoms with Crippen LogP contribution in [0.1, 0.15) is 0 Å². The van der Waals surface area contributed by atoms with E-state index in [1.54, 1.807) is 36.4 Å². The molecule has 2 aromatic rings. The fourth-order valence-corrected chi connectivity index (χ4v) is 4.44. The second kappa shape index (κ2) is 5.88. The third-order valence-corrected chi connectivity index (χ3v) is 7.22. The molecule has 0 aliphatic carbocycles. The number of benzene rings is 2. The van der Waals surface area contributed by atoms with E-state index in [0.29, 0.717) is 9.79 Å². The van der Waals surface area contributed by atoms with Crippen LogP contribution in [-0.4, -0.2) is 8.42 Å². The summed E-state index contributed by atoms with van der Waals surface area (Å²) in [6.07, 6.45) is 0. The number of rotatable bonds is 2. The first-order chi connectivity index (χ1) is 8.82. The molecular formula is C12H12BrO2P3S. The molecule has 7 heteroatoms. The van der Waals surface area contributed by atoms with Crippen molar-refractivity contribution in [1.29, 1.82) is 0 Å². The average Bonchev–Trinajstić information content (AvgIpc) is 2.35. The molecule has 0 aromatic heterocycles. The van der Waals surface area contributed by atoms with Crippen LogP contribution in [-0.2, 0) is 9.84 Å². The average molecular weight is 393 g/mol. The van der Waals surface area contributed by atoms with E-state index < -0.39 is 9.84 Å². The molecule has 0 fully saturated rings. The minimum Gasteiger partial charge on any atom is -0.219 e. The van der Waals surface area contributed by atoms with Gasteiger partial charge in [0, 0.05) is 4.47 Å². The maximum atomic E-state index is 12.5. The Bertz CT molecular complexity index is 704. The SMILES string of the molecule is O=S(=O)(c1ccc(Br)cc1)c1cc(P)c(P)c(P)c1. The van der Waals surface area contributed by atoms with Gasteiger partial charge in [0.1, 0.15) is 0 Å². The van der Waals surface area contributed by atoms with Crippen molar-refractivity contribution in [2.24, 2.45) is 0 Å². The van der Waals surface area contributed by atoms with E-state index in [4.69, 9.17) is 0 Å². The van der Waals surface area contributed by atoms with E-state index in [1.165, 1.54) is 0 Å². The predicted octanol–water partition coefficient (Wildman–Crippen LogP) is 1.78. The normalized spacial score (nSPS) is 11.6. The molecule has 0 saturated heterocycles. The summed E-state index contributed by atoms with van der Waals surface area (Å²) in [6.45, 7) is 0. The highest BCUT2D eigenvalue weighted by atomic mass is 79.9. The number of sulfone groups is 1. The van der Waals surface area contributed by atoms with Crippen LogP contribution in [0.4, 0.5) is 0 Å². The van der Waals surface area contributed by atoms with E-state index in [0.717, 1.165) is 20.4 Å². The molecule has 19 heavy (non-hydrogen) atoms. The molecule has 0 radical (unpaired) electrons. The molecule has 100 valence electrons. The highest BCUT2D eigenvalue weighted by molar-refractivity contribution is 9.10. The first-order valence-electron chi connectivity index (χ1n) is 5.27. The summed E-state index contributed by atoms with van der Waals surface area (Å²) in [5.74, 6) is 0. The highest BCUT2D eigenvalue weighted by Gasteiger charge is 2.19. The molecule has 0 N–H and O–H groups in total. The van der Waals surface area contributed by atoms with E-state index >= 15 is 0 Å². The van der Waals surface area contributed by atoms with Gasteiger partial charge in [0.15, 0.2) is 0 Å². The molecule has 0 aliphatic heterocycles. The van der Waals surface area contributed by atoms with E-state index in [9.17, 15) is 8.42 Å². The number of halogens is 1. The molecule has 0 aliphatic rings.